The Morgan fingerprint density at radius 2 is 2.16 bits per heavy atom. The molecule has 1 amide bonds. The monoisotopic (exact) mass is 260 g/mol. The molecule has 3 rings (SSSR count). The van der Waals surface area contributed by atoms with E-state index in [1.807, 2.05) is 18.3 Å². The van der Waals surface area contributed by atoms with E-state index in [2.05, 4.69) is 20.5 Å². The maximum atomic E-state index is 11.9. The number of carbonyl (C=O) groups is 1. The van der Waals surface area contributed by atoms with Crippen LogP contribution in [0.5, 0.6) is 0 Å². The number of nitrogens with one attached hydrogen (secondary N) is 2. The van der Waals surface area contributed by atoms with Gasteiger partial charge in [0, 0.05) is 13.1 Å². The van der Waals surface area contributed by atoms with Crippen molar-refractivity contribution in [3.63, 3.8) is 0 Å². The molecular weight excluding hydrogens is 240 g/mol. The van der Waals surface area contributed by atoms with Crippen LogP contribution in [0.3, 0.4) is 0 Å². The molecule has 102 valence electrons. The molecule has 2 N–H and O–H groups in total. The first kappa shape index (κ1) is 12.4. The Morgan fingerprint density at radius 1 is 1.32 bits per heavy atom. The lowest BCUT2D eigenvalue weighted by atomic mass is 10.2. The van der Waals surface area contributed by atoms with Crippen molar-refractivity contribution in [3.8, 4) is 0 Å². The van der Waals surface area contributed by atoms with E-state index < -0.39 is 0 Å². The number of anilines is 2. The summed E-state index contributed by atoms with van der Waals surface area (Å²) in [7, 11) is 0. The minimum atomic E-state index is -0.0555. The summed E-state index contributed by atoms with van der Waals surface area (Å²) in [5.41, 5.74) is 1.15. The molecule has 2 aliphatic heterocycles. The third-order valence-electron chi connectivity index (χ3n) is 3.85. The lowest BCUT2D eigenvalue weighted by Gasteiger charge is -2.17. The van der Waals surface area contributed by atoms with Gasteiger partial charge in [0.1, 0.15) is 5.82 Å². The fourth-order valence-electron chi connectivity index (χ4n) is 2.74. The van der Waals surface area contributed by atoms with E-state index in [1.54, 1.807) is 0 Å². The molecule has 5 heteroatoms. The molecule has 1 aromatic heterocycles. The first-order valence-corrected chi connectivity index (χ1v) is 7.08. The topological polar surface area (TPSA) is 57.3 Å². The number of amides is 1. The van der Waals surface area contributed by atoms with Crippen molar-refractivity contribution in [1.29, 1.82) is 0 Å². The predicted molar refractivity (Wildman–Crippen MR) is 75.3 cm³/mol. The third kappa shape index (κ3) is 2.87. The van der Waals surface area contributed by atoms with Crippen molar-refractivity contribution in [3.05, 3.63) is 18.3 Å². The van der Waals surface area contributed by atoms with Crippen LogP contribution in [0, 0.1) is 0 Å². The van der Waals surface area contributed by atoms with Crippen LogP contribution in [0.1, 0.15) is 25.7 Å². The highest BCUT2D eigenvalue weighted by molar-refractivity contribution is 5.94. The van der Waals surface area contributed by atoms with Crippen molar-refractivity contribution in [2.24, 2.45) is 0 Å². The van der Waals surface area contributed by atoms with Crippen LogP contribution in [0.4, 0.5) is 11.5 Å². The summed E-state index contributed by atoms with van der Waals surface area (Å²) >= 11 is 0. The first-order valence-electron chi connectivity index (χ1n) is 7.08. The summed E-state index contributed by atoms with van der Waals surface area (Å²) in [5.74, 6) is 0.667. The molecule has 2 aliphatic rings. The molecule has 1 atom stereocenters. The van der Waals surface area contributed by atoms with Gasteiger partial charge in [0.25, 0.3) is 0 Å². The fraction of sp³-hybridized carbons (Fsp3) is 0.571. The fourth-order valence-corrected chi connectivity index (χ4v) is 2.74. The van der Waals surface area contributed by atoms with Gasteiger partial charge in [0.15, 0.2) is 0 Å². The second-order valence-electron chi connectivity index (χ2n) is 5.23. The molecule has 0 saturated carbocycles. The quantitative estimate of drug-likeness (QED) is 0.862. The predicted octanol–water partition coefficient (Wildman–Crippen LogP) is 1.37. The number of aromatic nitrogens is 1. The van der Waals surface area contributed by atoms with E-state index in [-0.39, 0.29) is 11.9 Å². The van der Waals surface area contributed by atoms with Gasteiger partial charge in [-0.15, -0.1) is 0 Å². The number of nitrogens with zero attached hydrogens (tertiary/aromatic N) is 2. The van der Waals surface area contributed by atoms with Gasteiger partial charge in [0.05, 0.1) is 17.9 Å². The lowest BCUT2D eigenvalue weighted by Crippen LogP contribution is -2.35. The largest absolute Gasteiger partial charge is 0.370 e. The molecule has 1 unspecified atom stereocenters. The minimum Gasteiger partial charge on any atom is -0.370 e. The summed E-state index contributed by atoms with van der Waals surface area (Å²) in [6.45, 7) is 3.15. The minimum absolute atomic E-state index is 0.0268. The second-order valence-corrected chi connectivity index (χ2v) is 5.23. The van der Waals surface area contributed by atoms with Gasteiger partial charge in [-0.05, 0) is 44.4 Å². The molecule has 0 aliphatic carbocycles. The number of rotatable bonds is 3. The molecule has 0 bridgehead atoms. The van der Waals surface area contributed by atoms with Crippen molar-refractivity contribution < 1.29 is 4.79 Å². The maximum Gasteiger partial charge on any atom is 0.242 e. The number of pyridine rings is 1. The number of carbonyl (C=O) groups excluding carboxylic acids is 1. The number of hydrogen-bond donors (Lipinski definition) is 2. The van der Waals surface area contributed by atoms with E-state index in [4.69, 9.17) is 0 Å². The summed E-state index contributed by atoms with van der Waals surface area (Å²) in [4.78, 5) is 18.6. The standard InChI is InChI=1S/C14H20N4O/c19-14(12-4-3-7-15-12)17-13-6-5-11(10-16-13)18-8-1-2-9-18/h5-6,10,12,15H,1-4,7-9H2,(H,16,17,19). The SMILES string of the molecule is O=C(Nc1ccc(N2CCCC2)cn1)C1CCCN1. The third-order valence-corrected chi connectivity index (χ3v) is 3.85. The second kappa shape index (κ2) is 5.57. The van der Waals surface area contributed by atoms with Gasteiger partial charge in [-0.2, -0.15) is 0 Å². The summed E-state index contributed by atoms with van der Waals surface area (Å²) in [6.07, 6.45) is 6.35. The summed E-state index contributed by atoms with van der Waals surface area (Å²) < 4.78 is 0. The average molecular weight is 260 g/mol. The van der Waals surface area contributed by atoms with Crippen molar-refractivity contribution in [2.45, 2.75) is 31.7 Å². The molecule has 2 fully saturated rings. The molecule has 2 saturated heterocycles. The Bertz CT molecular complexity index is 433. The lowest BCUT2D eigenvalue weighted by molar-refractivity contribution is -0.117. The van der Waals surface area contributed by atoms with Crippen LogP contribution >= 0.6 is 0 Å². The Hall–Kier alpha value is -1.62. The van der Waals surface area contributed by atoms with Crippen LogP contribution in [0.15, 0.2) is 18.3 Å². The molecule has 5 nitrogen and oxygen atoms in total. The smallest absolute Gasteiger partial charge is 0.242 e. The van der Waals surface area contributed by atoms with Crippen LogP contribution in [0.2, 0.25) is 0 Å². The summed E-state index contributed by atoms with van der Waals surface area (Å²) in [5, 5.41) is 6.06. The van der Waals surface area contributed by atoms with Crippen molar-refractivity contribution in [2.75, 3.05) is 29.9 Å². The Morgan fingerprint density at radius 3 is 2.79 bits per heavy atom. The zero-order valence-corrected chi connectivity index (χ0v) is 11.1. The van der Waals surface area contributed by atoms with E-state index in [0.29, 0.717) is 5.82 Å². The van der Waals surface area contributed by atoms with Crippen LogP contribution < -0.4 is 15.5 Å². The van der Waals surface area contributed by atoms with Gasteiger partial charge in [-0.25, -0.2) is 4.98 Å². The van der Waals surface area contributed by atoms with Gasteiger partial charge in [0.2, 0.25) is 5.91 Å². The van der Waals surface area contributed by atoms with Crippen LogP contribution in [0.25, 0.3) is 0 Å². The molecule has 0 spiro atoms. The van der Waals surface area contributed by atoms with E-state index in [0.717, 1.165) is 38.2 Å². The Labute approximate surface area is 113 Å². The zero-order valence-electron chi connectivity index (χ0n) is 11.1. The van der Waals surface area contributed by atoms with Crippen molar-refractivity contribution >= 4 is 17.4 Å². The first-order chi connectivity index (χ1) is 9.33. The summed E-state index contributed by atoms with van der Waals surface area (Å²) in [6, 6.07) is 3.87. The van der Waals surface area contributed by atoms with Gasteiger partial charge < -0.3 is 15.5 Å². The van der Waals surface area contributed by atoms with E-state index >= 15 is 0 Å². The molecule has 1 aromatic rings. The highest BCUT2D eigenvalue weighted by Gasteiger charge is 2.22. The van der Waals surface area contributed by atoms with Gasteiger partial charge in [-0.1, -0.05) is 0 Å². The Kier molecular flexibility index (Phi) is 3.64. The number of hydrogen-bond acceptors (Lipinski definition) is 4. The molecule has 3 heterocycles. The molecule has 19 heavy (non-hydrogen) atoms. The van der Waals surface area contributed by atoms with Crippen molar-refractivity contribution in [1.82, 2.24) is 10.3 Å². The van der Waals surface area contributed by atoms with Gasteiger partial charge >= 0.3 is 0 Å². The maximum absolute atomic E-state index is 11.9. The highest BCUT2D eigenvalue weighted by Crippen LogP contribution is 2.20. The van der Waals surface area contributed by atoms with Gasteiger partial charge in [-0.3, -0.25) is 4.79 Å². The normalized spacial score (nSPS) is 22.7. The Balaban J connectivity index is 1.60. The average Bonchev–Trinajstić information content (AvgIpc) is 3.13. The van der Waals surface area contributed by atoms with Crippen LogP contribution in [-0.2, 0) is 4.79 Å². The van der Waals surface area contributed by atoms with E-state index in [1.165, 1.54) is 12.8 Å². The van der Waals surface area contributed by atoms with E-state index in [9.17, 15) is 4.79 Å². The highest BCUT2D eigenvalue weighted by atomic mass is 16.2. The molecule has 0 aromatic carbocycles. The molecular formula is C14H20N4O. The molecule has 0 radical (unpaired) electrons. The zero-order chi connectivity index (χ0) is 13.1. The van der Waals surface area contributed by atoms with Crippen LogP contribution in [-0.4, -0.2) is 36.6 Å².